The van der Waals surface area contributed by atoms with E-state index in [-0.39, 0.29) is 17.4 Å². The monoisotopic (exact) mass is 211 g/mol. The van der Waals surface area contributed by atoms with Gasteiger partial charge in [-0.15, -0.1) is 0 Å². The quantitative estimate of drug-likeness (QED) is 0.818. The second-order valence-corrected chi connectivity index (χ2v) is 3.49. The first-order valence-corrected chi connectivity index (χ1v) is 4.51. The summed E-state index contributed by atoms with van der Waals surface area (Å²) in [6, 6.07) is 4.56. The summed E-state index contributed by atoms with van der Waals surface area (Å²) in [4.78, 5) is 0. The van der Waals surface area contributed by atoms with Crippen molar-refractivity contribution in [3.8, 4) is 17.6 Å². The second kappa shape index (κ2) is 4.21. The minimum atomic E-state index is -0.118. The summed E-state index contributed by atoms with van der Waals surface area (Å²) in [5, 5.41) is 18.3. The normalized spacial score (nSPS) is 9.93. The first-order valence-electron chi connectivity index (χ1n) is 4.14. The fraction of sp³-hybridized carbons (Fsp3) is 0.300. The van der Waals surface area contributed by atoms with Crippen LogP contribution in [0.5, 0.6) is 11.5 Å². The molecule has 1 aromatic rings. The lowest BCUT2D eigenvalue weighted by Gasteiger charge is -2.11. The summed E-state index contributed by atoms with van der Waals surface area (Å²) < 4.78 is 5.32. The topological polar surface area (TPSA) is 53.2 Å². The van der Waals surface area contributed by atoms with Crippen LogP contribution in [0.15, 0.2) is 12.1 Å². The molecule has 14 heavy (non-hydrogen) atoms. The van der Waals surface area contributed by atoms with Crippen molar-refractivity contribution in [1.29, 1.82) is 5.26 Å². The smallest absolute Gasteiger partial charge is 0.142 e. The Bertz CT molecular complexity index is 382. The molecule has 74 valence electrons. The Morgan fingerprint density at radius 1 is 1.50 bits per heavy atom. The van der Waals surface area contributed by atoms with Crippen LogP contribution in [0.2, 0.25) is 5.02 Å². The van der Waals surface area contributed by atoms with E-state index in [0.29, 0.717) is 10.8 Å². The number of rotatable bonds is 2. The molecule has 0 unspecified atom stereocenters. The number of aromatic hydroxyl groups is 1. The first-order chi connectivity index (χ1) is 6.54. The maximum atomic E-state index is 9.37. The van der Waals surface area contributed by atoms with Crippen molar-refractivity contribution in [2.75, 3.05) is 0 Å². The van der Waals surface area contributed by atoms with E-state index >= 15 is 0 Å². The van der Waals surface area contributed by atoms with Crippen LogP contribution in [0.4, 0.5) is 0 Å². The molecular weight excluding hydrogens is 202 g/mol. The van der Waals surface area contributed by atoms with E-state index in [0.717, 1.165) is 0 Å². The second-order valence-electron chi connectivity index (χ2n) is 3.08. The molecule has 0 saturated heterocycles. The lowest BCUT2D eigenvalue weighted by molar-refractivity contribution is 0.241. The number of nitriles is 1. The number of benzene rings is 1. The van der Waals surface area contributed by atoms with Crippen molar-refractivity contribution in [1.82, 2.24) is 0 Å². The molecule has 0 atom stereocenters. The molecule has 0 aliphatic heterocycles. The minimum Gasteiger partial charge on any atom is -0.506 e. The predicted octanol–water partition coefficient (Wildman–Crippen LogP) is 2.70. The van der Waals surface area contributed by atoms with Gasteiger partial charge in [0.05, 0.1) is 16.7 Å². The fourth-order valence-electron chi connectivity index (χ4n) is 0.976. The molecule has 1 rings (SSSR count). The van der Waals surface area contributed by atoms with E-state index < -0.39 is 0 Å². The highest BCUT2D eigenvalue weighted by Crippen LogP contribution is 2.32. The van der Waals surface area contributed by atoms with Gasteiger partial charge in [0.1, 0.15) is 17.6 Å². The molecular formula is C10H10ClNO2. The van der Waals surface area contributed by atoms with E-state index in [4.69, 9.17) is 21.6 Å². The van der Waals surface area contributed by atoms with Crippen LogP contribution in [0, 0.1) is 11.3 Å². The van der Waals surface area contributed by atoms with Crippen molar-refractivity contribution in [2.45, 2.75) is 20.0 Å². The molecule has 0 heterocycles. The molecule has 0 amide bonds. The maximum Gasteiger partial charge on any atom is 0.142 e. The third kappa shape index (κ3) is 2.30. The Balaban J connectivity index is 3.10. The van der Waals surface area contributed by atoms with Gasteiger partial charge in [0.25, 0.3) is 0 Å². The summed E-state index contributed by atoms with van der Waals surface area (Å²) in [7, 11) is 0. The fourth-order valence-corrected chi connectivity index (χ4v) is 1.18. The summed E-state index contributed by atoms with van der Waals surface area (Å²) in [6.07, 6.45) is -0.0279. The molecule has 1 aromatic carbocycles. The van der Waals surface area contributed by atoms with Crippen molar-refractivity contribution in [3.63, 3.8) is 0 Å². The van der Waals surface area contributed by atoms with E-state index in [1.54, 1.807) is 0 Å². The molecule has 0 saturated carbocycles. The first kappa shape index (κ1) is 10.7. The predicted molar refractivity (Wildman–Crippen MR) is 53.6 cm³/mol. The Labute approximate surface area is 87.5 Å². The van der Waals surface area contributed by atoms with Gasteiger partial charge in [-0.1, -0.05) is 11.6 Å². The van der Waals surface area contributed by atoms with E-state index in [1.165, 1.54) is 12.1 Å². The molecule has 1 N–H and O–H groups in total. The molecule has 0 aromatic heterocycles. The largest absolute Gasteiger partial charge is 0.506 e. The van der Waals surface area contributed by atoms with Crippen LogP contribution in [0.3, 0.4) is 0 Å². The highest BCUT2D eigenvalue weighted by Gasteiger charge is 2.09. The Morgan fingerprint density at radius 3 is 2.64 bits per heavy atom. The van der Waals surface area contributed by atoms with E-state index in [2.05, 4.69) is 0 Å². The van der Waals surface area contributed by atoms with Crippen molar-refractivity contribution >= 4 is 11.6 Å². The lowest BCUT2D eigenvalue weighted by atomic mass is 10.2. The molecule has 4 heteroatoms. The minimum absolute atomic E-state index is 0.0279. The van der Waals surface area contributed by atoms with Crippen LogP contribution < -0.4 is 4.74 Å². The average Bonchev–Trinajstić information content (AvgIpc) is 2.10. The zero-order chi connectivity index (χ0) is 10.7. The van der Waals surface area contributed by atoms with Gasteiger partial charge >= 0.3 is 0 Å². The van der Waals surface area contributed by atoms with Crippen LogP contribution in [0.25, 0.3) is 0 Å². The number of hydrogen-bond donors (Lipinski definition) is 1. The number of ether oxygens (including phenoxy) is 1. The molecule has 0 fully saturated rings. The molecule has 0 radical (unpaired) electrons. The molecule has 0 aliphatic carbocycles. The SMILES string of the molecule is CC(C)Oc1cc(O)c(C#N)cc1Cl. The third-order valence-corrected chi connectivity index (χ3v) is 1.83. The molecule has 0 aliphatic rings. The number of phenols is 1. The maximum absolute atomic E-state index is 9.37. The van der Waals surface area contributed by atoms with E-state index in [1.807, 2.05) is 19.9 Å². The zero-order valence-corrected chi connectivity index (χ0v) is 8.67. The van der Waals surface area contributed by atoms with Crippen LogP contribution in [-0.4, -0.2) is 11.2 Å². The van der Waals surface area contributed by atoms with E-state index in [9.17, 15) is 5.11 Å². The number of halogens is 1. The summed E-state index contributed by atoms with van der Waals surface area (Å²) >= 11 is 5.84. The van der Waals surface area contributed by atoms with Gasteiger partial charge in [-0.3, -0.25) is 0 Å². The number of nitrogens with zero attached hydrogens (tertiary/aromatic N) is 1. The number of hydrogen-bond acceptors (Lipinski definition) is 3. The Morgan fingerprint density at radius 2 is 2.14 bits per heavy atom. The van der Waals surface area contributed by atoms with Crippen molar-refractivity contribution < 1.29 is 9.84 Å². The van der Waals surface area contributed by atoms with Crippen molar-refractivity contribution in [2.24, 2.45) is 0 Å². The number of phenolic OH excluding ortho intramolecular Hbond substituents is 1. The molecule has 0 spiro atoms. The van der Waals surface area contributed by atoms with Crippen molar-refractivity contribution in [3.05, 3.63) is 22.7 Å². The Hall–Kier alpha value is -1.40. The van der Waals surface area contributed by atoms with Crippen LogP contribution in [0.1, 0.15) is 19.4 Å². The summed E-state index contributed by atoms with van der Waals surface area (Å²) in [6.45, 7) is 3.71. The summed E-state index contributed by atoms with van der Waals surface area (Å²) in [5.74, 6) is 0.269. The van der Waals surface area contributed by atoms with Gasteiger partial charge in [0.15, 0.2) is 0 Å². The van der Waals surface area contributed by atoms with Gasteiger partial charge in [-0.2, -0.15) is 5.26 Å². The lowest BCUT2D eigenvalue weighted by Crippen LogP contribution is -2.05. The molecule has 3 nitrogen and oxygen atoms in total. The zero-order valence-electron chi connectivity index (χ0n) is 7.91. The standard InChI is InChI=1S/C10H10ClNO2/c1-6(2)14-10-4-9(13)7(5-12)3-8(10)11/h3-4,6,13H,1-2H3. The van der Waals surface area contributed by atoms with Gasteiger partial charge in [-0.25, -0.2) is 0 Å². The highest BCUT2D eigenvalue weighted by atomic mass is 35.5. The van der Waals surface area contributed by atoms with Crippen LogP contribution >= 0.6 is 11.6 Å². The highest BCUT2D eigenvalue weighted by molar-refractivity contribution is 6.32. The van der Waals surface area contributed by atoms with Crippen LogP contribution in [-0.2, 0) is 0 Å². The average molecular weight is 212 g/mol. The van der Waals surface area contributed by atoms with Gasteiger partial charge in [0, 0.05) is 6.07 Å². The van der Waals surface area contributed by atoms with Gasteiger partial charge in [0.2, 0.25) is 0 Å². The summed E-state index contributed by atoms with van der Waals surface area (Å²) in [5.41, 5.74) is 0.145. The molecule has 0 bridgehead atoms. The van der Waals surface area contributed by atoms with Gasteiger partial charge in [-0.05, 0) is 19.9 Å². The van der Waals surface area contributed by atoms with Gasteiger partial charge < -0.3 is 9.84 Å². The third-order valence-electron chi connectivity index (χ3n) is 1.53. The Kier molecular flexibility index (Phi) is 3.21.